The van der Waals surface area contributed by atoms with Gasteiger partial charge in [0.25, 0.3) is 0 Å². The summed E-state index contributed by atoms with van der Waals surface area (Å²) in [6.07, 6.45) is -1.86. The van der Waals surface area contributed by atoms with Crippen molar-refractivity contribution in [3.8, 4) is 0 Å². The standard InChI is InChI=1S/C10H16F3NO2S/c11-10(12,13)6-17-5-9(16)14-7-1-3-8(15)4-2-7/h7-8,15H,1-6H2,(H,14,16). The summed E-state index contributed by atoms with van der Waals surface area (Å²) < 4.78 is 35.5. The molecule has 0 saturated heterocycles. The molecule has 0 aromatic carbocycles. The summed E-state index contributed by atoms with van der Waals surface area (Å²) in [5.41, 5.74) is 0. The van der Waals surface area contributed by atoms with E-state index in [0.29, 0.717) is 37.4 Å². The molecule has 0 bridgehead atoms. The molecule has 1 rings (SSSR count). The highest BCUT2D eigenvalue weighted by atomic mass is 32.2. The highest BCUT2D eigenvalue weighted by Crippen LogP contribution is 2.21. The van der Waals surface area contributed by atoms with E-state index in [1.165, 1.54) is 0 Å². The normalized spacial score (nSPS) is 25.6. The van der Waals surface area contributed by atoms with Crippen LogP contribution in [0.5, 0.6) is 0 Å². The maximum Gasteiger partial charge on any atom is 0.397 e. The van der Waals surface area contributed by atoms with E-state index in [9.17, 15) is 23.1 Å². The highest BCUT2D eigenvalue weighted by Gasteiger charge is 2.27. The second-order valence-electron chi connectivity index (χ2n) is 4.18. The van der Waals surface area contributed by atoms with Crippen LogP contribution in [0.2, 0.25) is 0 Å². The van der Waals surface area contributed by atoms with Crippen LogP contribution in [0.3, 0.4) is 0 Å². The Morgan fingerprint density at radius 1 is 1.29 bits per heavy atom. The number of hydrogen-bond acceptors (Lipinski definition) is 3. The number of alkyl halides is 3. The summed E-state index contributed by atoms with van der Waals surface area (Å²) in [5.74, 6) is -1.52. The van der Waals surface area contributed by atoms with Gasteiger partial charge in [-0.25, -0.2) is 0 Å². The van der Waals surface area contributed by atoms with Gasteiger partial charge in [-0.15, -0.1) is 11.8 Å². The molecule has 17 heavy (non-hydrogen) atoms. The third-order valence-electron chi connectivity index (χ3n) is 2.56. The molecule has 1 amide bonds. The monoisotopic (exact) mass is 271 g/mol. The molecule has 1 aliphatic carbocycles. The van der Waals surface area contributed by atoms with Crippen LogP contribution in [-0.4, -0.2) is 40.8 Å². The van der Waals surface area contributed by atoms with Crippen LogP contribution < -0.4 is 5.32 Å². The largest absolute Gasteiger partial charge is 0.397 e. The van der Waals surface area contributed by atoms with E-state index in [2.05, 4.69) is 5.32 Å². The summed E-state index contributed by atoms with van der Waals surface area (Å²) in [7, 11) is 0. The first-order chi connectivity index (χ1) is 7.87. The van der Waals surface area contributed by atoms with Crippen LogP contribution in [-0.2, 0) is 4.79 Å². The zero-order chi connectivity index (χ0) is 12.9. The molecule has 0 unspecified atom stereocenters. The first-order valence-corrected chi connectivity index (χ1v) is 6.64. The summed E-state index contributed by atoms with van der Waals surface area (Å²) in [6.45, 7) is 0. The summed E-state index contributed by atoms with van der Waals surface area (Å²) >= 11 is 0.571. The lowest BCUT2D eigenvalue weighted by Crippen LogP contribution is -2.39. The minimum absolute atomic E-state index is 0.00242. The third kappa shape index (κ3) is 6.78. The van der Waals surface area contributed by atoms with Crippen molar-refractivity contribution >= 4 is 17.7 Å². The third-order valence-corrected chi connectivity index (χ3v) is 3.56. The van der Waals surface area contributed by atoms with Crippen LogP contribution in [0, 0.1) is 0 Å². The van der Waals surface area contributed by atoms with Crippen molar-refractivity contribution in [1.82, 2.24) is 5.32 Å². The molecule has 0 atom stereocenters. The predicted molar refractivity (Wildman–Crippen MR) is 59.8 cm³/mol. The van der Waals surface area contributed by atoms with Gasteiger partial charge >= 0.3 is 6.18 Å². The van der Waals surface area contributed by atoms with E-state index in [1.807, 2.05) is 0 Å². The minimum atomic E-state index is -4.22. The SMILES string of the molecule is O=C(CSCC(F)(F)F)NC1CCC(O)CC1. The van der Waals surface area contributed by atoms with Crippen molar-refractivity contribution in [1.29, 1.82) is 0 Å². The molecule has 2 N–H and O–H groups in total. The van der Waals surface area contributed by atoms with Gasteiger partial charge in [0.2, 0.25) is 5.91 Å². The maximum atomic E-state index is 11.8. The quantitative estimate of drug-likeness (QED) is 0.818. The van der Waals surface area contributed by atoms with Gasteiger partial charge in [0, 0.05) is 6.04 Å². The molecule has 1 saturated carbocycles. The van der Waals surface area contributed by atoms with Gasteiger partial charge in [0.15, 0.2) is 0 Å². The van der Waals surface area contributed by atoms with Crippen molar-refractivity contribution in [3.63, 3.8) is 0 Å². The topological polar surface area (TPSA) is 49.3 Å². The van der Waals surface area contributed by atoms with Gasteiger partial charge in [0.05, 0.1) is 17.6 Å². The Hall–Kier alpha value is -0.430. The van der Waals surface area contributed by atoms with Crippen LogP contribution >= 0.6 is 11.8 Å². The first-order valence-electron chi connectivity index (χ1n) is 5.49. The van der Waals surface area contributed by atoms with Crippen molar-refractivity contribution in [2.24, 2.45) is 0 Å². The van der Waals surface area contributed by atoms with Gasteiger partial charge in [-0.2, -0.15) is 13.2 Å². The number of nitrogens with one attached hydrogen (secondary N) is 1. The molecule has 3 nitrogen and oxygen atoms in total. The Morgan fingerprint density at radius 3 is 2.41 bits per heavy atom. The number of carbonyl (C=O) groups excluding carboxylic acids is 1. The smallest absolute Gasteiger partial charge is 0.393 e. The van der Waals surface area contributed by atoms with Gasteiger partial charge in [0.1, 0.15) is 0 Å². The zero-order valence-corrected chi connectivity index (χ0v) is 10.1. The van der Waals surface area contributed by atoms with Crippen molar-refractivity contribution < 1.29 is 23.1 Å². The van der Waals surface area contributed by atoms with Gasteiger partial charge in [-0.05, 0) is 25.7 Å². The lowest BCUT2D eigenvalue weighted by atomic mass is 9.93. The minimum Gasteiger partial charge on any atom is -0.393 e. The molecule has 0 aliphatic heterocycles. The number of aliphatic hydroxyl groups excluding tert-OH is 1. The molecule has 0 spiro atoms. The second-order valence-corrected chi connectivity index (χ2v) is 5.17. The lowest BCUT2D eigenvalue weighted by molar-refractivity contribution is -0.119. The molecule has 0 radical (unpaired) electrons. The molecule has 0 aromatic heterocycles. The fourth-order valence-electron chi connectivity index (χ4n) is 1.75. The maximum absolute atomic E-state index is 11.8. The highest BCUT2D eigenvalue weighted by molar-refractivity contribution is 8.00. The average Bonchev–Trinajstić information content (AvgIpc) is 2.19. The van der Waals surface area contributed by atoms with Gasteiger partial charge < -0.3 is 10.4 Å². The summed E-state index contributed by atoms with van der Waals surface area (Å²) in [4.78, 5) is 11.3. The predicted octanol–water partition coefficient (Wildman–Crippen LogP) is 1.70. The van der Waals surface area contributed by atoms with E-state index in [0.717, 1.165) is 0 Å². The summed E-state index contributed by atoms with van der Waals surface area (Å²) in [6, 6.07) is -0.00242. The van der Waals surface area contributed by atoms with E-state index in [1.54, 1.807) is 0 Å². The fourth-order valence-corrected chi connectivity index (χ4v) is 2.35. The van der Waals surface area contributed by atoms with Crippen LogP contribution in [0.25, 0.3) is 0 Å². The molecular formula is C10H16F3NO2S. The van der Waals surface area contributed by atoms with E-state index < -0.39 is 11.9 Å². The molecule has 7 heteroatoms. The van der Waals surface area contributed by atoms with Gasteiger partial charge in [-0.3, -0.25) is 4.79 Å². The molecule has 1 aliphatic rings. The van der Waals surface area contributed by atoms with E-state index in [-0.39, 0.29) is 23.8 Å². The molecule has 1 fully saturated rings. The number of hydrogen-bond donors (Lipinski definition) is 2. The lowest BCUT2D eigenvalue weighted by Gasteiger charge is -2.26. The number of halogens is 3. The van der Waals surface area contributed by atoms with Crippen LogP contribution in [0.1, 0.15) is 25.7 Å². The first kappa shape index (κ1) is 14.6. The fraction of sp³-hybridized carbons (Fsp3) is 0.900. The number of thioether (sulfide) groups is 1. The Labute approximate surface area is 102 Å². The van der Waals surface area contributed by atoms with Crippen molar-refractivity contribution in [3.05, 3.63) is 0 Å². The van der Waals surface area contributed by atoms with Crippen LogP contribution in [0.4, 0.5) is 13.2 Å². The van der Waals surface area contributed by atoms with E-state index >= 15 is 0 Å². The van der Waals surface area contributed by atoms with Crippen molar-refractivity contribution in [2.45, 2.75) is 44.0 Å². The number of rotatable bonds is 4. The number of amides is 1. The molecular weight excluding hydrogens is 255 g/mol. The summed E-state index contributed by atoms with van der Waals surface area (Å²) in [5, 5.41) is 11.9. The Bertz CT molecular complexity index is 252. The molecule has 0 heterocycles. The Balaban J connectivity index is 2.13. The van der Waals surface area contributed by atoms with E-state index in [4.69, 9.17) is 0 Å². The molecule has 100 valence electrons. The van der Waals surface area contributed by atoms with Crippen molar-refractivity contribution in [2.75, 3.05) is 11.5 Å². The zero-order valence-electron chi connectivity index (χ0n) is 9.29. The Morgan fingerprint density at radius 2 is 1.88 bits per heavy atom. The average molecular weight is 271 g/mol. The number of aliphatic hydroxyl groups is 1. The van der Waals surface area contributed by atoms with Crippen LogP contribution in [0.15, 0.2) is 0 Å². The second kappa shape index (κ2) is 6.49. The Kier molecular flexibility index (Phi) is 5.58. The van der Waals surface area contributed by atoms with Gasteiger partial charge in [-0.1, -0.05) is 0 Å². The molecule has 0 aromatic rings. The number of carbonyl (C=O) groups is 1.